The molecule has 5 nitrogen and oxygen atoms in total. The Labute approximate surface area is 153 Å². The molecule has 1 unspecified atom stereocenters. The van der Waals surface area contributed by atoms with Crippen LogP contribution in [0.1, 0.15) is 36.6 Å². The second kappa shape index (κ2) is 6.10. The third-order valence-corrected chi connectivity index (χ3v) is 7.02. The molecule has 1 saturated carbocycles. The van der Waals surface area contributed by atoms with Gasteiger partial charge in [0.1, 0.15) is 0 Å². The number of fused-ring (bicyclic) bond motifs is 6. The molecule has 3 heterocycles. The molecular formula is C21H26N2O3. The van der Waals surface area contributed by atoms with Crippen LogP contribution in [0, 0.1) is 17.8 Å². The minimum atomic E-state index is -0.568. The Morgan fingerprint density at radius 1 is 1.31 bits per heavy atom. The number of aliphatic hydroxyl groups excluding tert-OH is 1. The third-order valence-electron chi connectivity index (χ3n) is 7.02. The van der Waals surface area contributed by atoms with Gasteiger partial charge >= 0.3 is 5.97 Å². The maximum Gasteiger partial charge on any atom is 0.311 e. The van der Waals surface area contributed by atoms with E-state index in [0.717, 1.165) is 32.4 Å². The van der Waals surface area contributed by atoms with Crippen LogP contribution < -0.4 is 0 Å². The number of hydrogen-bond donors (Lipinski definition) is 2. The number of nitrogens with zero attached hydrogens (tertiary/aromatic N) is 1. The minimum absolute atomic E-state index is 0.199. The molecule has 2 aromatic rings. The number of hydrogen-bond acceptors (Lipinski definition) is 4. The number of carbonyl (C=O) groups is 1. The number of para-hydroxylation sites is 1. The molecule has 5 atom stereocenters. The van der Waals surface area contributed by atoms with E-state index in [9.17, 15) is 9.90 Å². The lowest BCUT2D eigenvalue weighted by atomic mass is 9.65. The van der Waals surface area contributed by atoms with Gasteiger partial charge in [-0.05, 0) is 49.1 Å². The topological polar surface area (TPSA) is 65.6 Å². The molecule has 2 aliphatic heterocycles. The molecule has 2 fully saturated rings. The van der Waals surface area contributed by atoms with Crippen molar-refractivity contribution < 1.29 is 14.6 Å². The quantitative estimate of drug-likeness (QED) is 0.773. The summed E-state index contributed by atoms with van der Waals surface area (Å²) in [5.74, 6) is 0.0541. The summed E-state index contributed by atoms with van der Waals surface area (Å²) in [4.78, 5) is 18.6. The first-order chi connectivity index (χ1) is 12.7. The van der Waals surface area contributed by atoms with Crippen LogP contribution in [-0.2, 0) is 16.0 Å². The summed E-state index contributed by atoms with van der Waals surface area (Å²) in [6, 6.07) is 8.83. The van der Waals surface area contributed by atoms with E-state index in [1.807, 2.05) is 0 Å². The average molecular weight is 354 g/mol. The number of ether oxygens (including phenoxy) is 1. The van der Waals surface area contributed by atoms with Gasteiger partial charge in [0.15, 0.2) is 0 Å². The van der Waals surface area contributed by atoms with E-state index in [1.54, 1.807) is 0 Å². The van der Waals surface area contributed by atoms with Crippen LogP contribution in [0.5, 0.6) is 0 Å². The molecule has 2 N–H and O–H groups in total. The number of methoxy groups -OCH3 is 1. The van der Waals surface area contributed by atoms with Gasteiger partial charge in [0.2, 0.25) is 0 Å². The molecule has 1 aromatic carbocycles. The van der Waals surface area contributed by atoms with E-state index in [2.05, 4.69) is 34.1 Å². The Hall–Kier alpha value is -1.85. The predicted octanol–water partition coefficient (Wildman–Crippen LogP) is 2.65. The molecule has 1 aromatic heterocycles. The Kier molecular flexibility index (Phi) is 3.83. The maximum atomic E-state index is 12.4. The highest BCUT2D eigenvalue weighted by Gasteiger charge is 2.49. The van der Waals surface area contributed by atoms with E-state index in [0.29, 0.717) is 18.4 Å². The number of aromatic nitrogens is 1. The predicted molar refractivity (Wildman–Crippen MR) is 98.7 cm³/mol. The van der Waals surface area contributed by atoms with Crippen LogP contribution in [0.2, 0.25) is 0 Å². The van der Waals surface area contributed by atoms with Crippen molar-refractivity contribution >= 4 is 16.9 Å². The summed E-state index contributed by atoms with van der Waals surface area (Å²) in [5.41, 5.74) is 3.96. The van der Waals surface area contributed by atoms with Gasteiger partial charge in [-0.2, -0.15) is 0 Å². The van der Waals surface area contributed by atoms with Crippen LogP contribution in [0.15, 0.2) is 24.3 Å². The standard InChI is InChI=1S/C21H26N2O3/c1-26-21(25)19-15-10-17-20-14(13-4-2-3-5-16(13)22-20)8-9-23(17)11-12(15)6-7-18(19)24/h2-5,12,15,17-19,22,24H,6-11H2,1H3/t12-,15?,17-,18-,19+/m0/s1. The highest BCUT2D eigenvalue weighted by atomic mass is 16.5. The highest BCUT2D eigenvalue weighted by molar-refractivity contribution is 5.85. The van der Waals surface area contributed by atoms with E-state index < -0.39 is 6.10 Å². The van der Waals surface area contributed by atoms with Crippen molar-refractivity contribution in [2.45, 2.75) is 37.8 Å². The van der Waals surface area contributed by atoms with E-state index in [4.69, 9.17) is 4.74 Å². The normalized spacial score (nSPS) is 34.0. The second-order valence-electron chi connectivity index (χ2n) is 8.18. The van der Waals surface area contributed by atoms with Crippen molar-refractivity contribution in [3.8, 4) is 0 Å². The van der Waals surface area contributed by atoms with Crippen LogP contribution in [0.4, 0.5) is 0 Å². The summed E-state index contributed by atoms with van der Waals surface area (Å²) in [5, 5.41) is 11.8. The van der Waals surface area contributed by atoms with Crippen molar-refractivity contribution in [1.82, 2.24) is 9.88 Å². The fourth-order valence-electron chi connectivity index (χ4n) is 5.80. The van der Waals surface area contributed by atoms with Crippen molar-refractivity contribution in [3.05, 3.63) is 35.5 Å². The molecule has 0 spiro atoms. The summed E-state index contributed by atoms with van der Waals surface area (Å²) < 4.78 is 5.04. The molecule has 5 heteroatoms. The lowest BCUT2D eigenvalue weighted by molar-refractivity contribution is -0.160. The fraction of sp³-hybridized carbons (Fsp3) is 0.571. The molecule has 1 saturated heterocycles. The van der Waals surface area contributed by atoms with Gasteiger partial charge in [0.05, 0.1) is 25.2 Å². The van der Waals surface area contributed by atoms with Crippen LogP contribution in [0.25, 0.3) is 10.9 Å². The van der Waals surface area contributed by atoms with E-state index in [-0.39, 0.29) is 17.8 Å². The Morgan fingerprint density at radius 2 is 2.15 bits per heavy atom. The molecule has 0 amide bonds. The summed E-state index contributed by atoms with van der Waals surface area (Å²) in [7, 11) is 1.43. The number of aliphatic hydroxyl groups is 1. The minimum Gasteiger partial charge on any atom is -0.469 e. The van der Waals surface area contributed by atoms with Crippen molar-refractivity contribution in [2.75, 3.05) is 20.2 Å². The zero-order valence-electron chi connectivity index (χ0n) is 15.1. The smallest absolute Gasteiger partial charge is 0.311 e. The molecule has 0 radical (unpaired) electrons. The molecule has 26 heavy (non-hydrogen) atoms. The number of H-pyrrole nitrogens is 1. The highest BCUT2D eigenvalue weighted by Crippen LogP contribution is 2.49. The molecular weight excluding hydrogens is 328 g/mol. The zero-order valence-corrected chi connectivity index (χ0v) is 15.1. The number of carbonyl (C=O) groups excluding carboxylic acids is 1. The molecule has 0 bridgehead atoms. The number of piperidine rings is 1. The second-order valence-corrected chi connectivity index (χ2v) is 8.18. The first-order valence-electron chi connectivity index (χ1n) is 9.76. The van der Waals surface area contributed by atoms with E-state index >= 15 is 0 Å². The van der Waals surface area contributed by atoms with Crippen molar-refractivity contribution in [2.24, 2.45) is 17.8 Å². The van der Waals surface area contributed by atoms with Gasteiger partial charge in [-0.1, -0.05) is 18.2 Å². The molecule has 1 aliphatic carbocycles. The maximum absolute atomic E-state index is 12.4. The average Bonchev–Trinajstić information content (AvgIpc) is 3.05. The molecule has 5 rings (SSSR count). The summed E-state index contributed by atoms with van der Waals surface area (Å²) >= 11 is 0. The SMILES string of the molecule is COC(=O)[C@@H]1C2C[C@H]3c4[nH]c5ccccc5c4CCN3C[C@@H]2CC[C@@H]1O. The van der Waals surface area contributed by atoms with Gasteiger partial charge in [-0.25, -0.2) is 0 Å². The van der Waals surface area contributed by atoms with Gasteiger partial charge in [-0.3, -0.25) is 9.69 Å². The third kappa shape index (κ3) is 2.33. The Balaban J connectivity index is 1.52. The van der Waals surface area contributed by atoms with Gasteiger partial charge in [-0.15, -0.1) is 0 Å². The van der Waals surface area contributed by atoms with Crippen LogP contribution in [0.3, 0.4) is 0 Å². The van der Waals surface area contributed by atoms with Gasteiger partial charge < -0.3 is 14.8 Å². The van der Waals surface area contributed by atoms with Crippen molar-refractivity contribution in [1.29, 1.82) is 0 Å². The monoisotopic (exact) mass is 354 g/mol. The zero-order chi connectivity index (χ0) is 17.8. The van der Waals surface area contributed by atoms with Crippen LogP contribution >= 0.6 is 0 Å². The first kappa shape index (κ1) is 16.3. The molecule has 138 valence electrons. The number of rotatable bonds is 1. The Morgan fingerprint density at radius 3 is 3.00 bits per heavy atom. The fourth-order valence-corrected chi connectivity index (χ4v) is 5.80. The van der Waals surface area contributed by atoms with Gasteiger partial charge in [0, 0.05) is 29.7 Å². The van der Waals surface area contributed by atoms with Gasteiger partial charge in [0.25, 0.3) is 0 Å². The van der Waals surface area contributed by atoms with Crippen LogP contribution in [-0.4, -0.2) is 47.3 Å². The van der Waals surface area contributed by atoms with Crippen molar-refractivity contribution in [3.63, 3.8) is 0 Å². The summed E-state index contributed by atoms with van der Waals surface area (Å²) in [6.07, 6.45) is 3.14. The first-order valence-corrected chi connectivity index (χ1v) is 9.76. The van der Waals surface area contributed by atoms with E-state index in [1.165, 1.54) is 29.3 Å². The lowest BCUT2D eigenvalue weighted by Gasteiger charge is -2.50. The largest absolute Gasteiger partial charge is 0.469 e. The number of aromatic amines is 1. The Bertz CT molecular complexity index is 845. The molecule has 3 aliphatic rings. The lowest BCUT2D eigenvalue weighted by Crippen LogP contribution is -2.53. The number of nitrogens with one attached hydrogen (secondary N) is 1. The number of benzene rings is 1. The summed E-state index contributed by atoms with van der Waals surface area (Å²) in [6.45, 7) is 2.10. The number of esters is 1.